The van der Waals surface area contributed by atoms with E-state index < -0.39 is 17.9 Å². The van der Waals surface area contributed by atoms with Crippen molar-refractivity contribution in [2.24, 2.45) is 0 Å². The number of nitrogens with zero attached hydrogens (tertiary/aromatic N) is 2. The normalized spacial score (nSPS) is 12.0. The highest BCUT2D eigenvalue weighted by molar-refractivity contribution is 7.10. The summed E-state index contributed by atoms with van der Waals surface area (Å²) in [4.78, 5) is 26.8. The maximum Gasteiger partial charge on any atom is 0.331 e. The maximum atomic E-state index is 11.6. The summed E-state index contributed by atoms with van der Waals surface area (Å²) in [6, 6.07) is 2.29. The SMILES string of the molecule is O=C(NC(C(=O)O)c1cccs1)c1ncn[nH]1. The van der Waals surface area contributed by atoms with Crippen molar-refractivity contribution in [3.05, 3.63) is 34.5 Å². The average molecular weight is 252 g/mol. The smallest absolute Gasteiger partial charge is 0.331 e. The summed E-state index contributed by atoms with van der Waals surface area (Å²) in [6.07, 6.45) is 1.18. The zero-order valence-corrected chi connectivity index (χ0v) is 9.27. The summed E-state index contributed by atoms with van der Waals surface area (Å²) < 4.78 is 0. The molecule has 1 atom stereocenters. The third kappa shape index (κ3) is 2.48. The number of hydrogen-bond donors (Lipinski definition) is 3. The number of aromatic amines is 1. The van der Waals surface area contributed by atoms with Crippen LogP contribution in [0.1, 0.15) is 21.5 Å². The van der Waals surface area contributed by atoms with E-state index >= 15 is 0 Å². The van der Waals surface area contributed by atoms with Gasteiger partial charge in [0.1, 0.15) is 6.33 Å². The molecule has 88 valence electrons. The molecule has 0 aliphatic heterocycles. The predicted octanol–water partition coefficient (Wildman–Crippen LogP) is 0.422. The Balaban J connectivity index is 2.14. The van der Waals surface area contributed by atoms with Crippen molar-refractivity contribution in [3.63, 3.8) is 0 Å². The Morgan fingerprint density at radius 3 is 2.88 bits per heavy atom. The van der Waals surface area contributed by atoms with Crippen molar-refractivity contribution in [3.8, 4) is 0 Å². The molecule has 2 heterocycles. The van der Waals surface area contributed by atoms with Gasteiger partial charge in [-0.3, -0.25) is 9.89 Å². The van der Waals surface area contributed by atoms with E-state index in [0.717, 1.165) is 0 Å². The van der Waals surface area contributed by atoms with Gasteiger partial charge in [-0.05, 0) is 11.4 Å². The van der Waals surface area contributed by atoms with Gasteiger partial charge in [-0.1, -0.05) is 6.07 Å². The second-order valence-corrected chi connectivity index (χ2v) is 4.07. The first-order valence-electron chi connectivity index (χ1n) is 4.61. The largest absolute Gasteiger partial charge is 0.479 e. The van der Waals surface area contributed by atoms with E-state index in [0.29, 0.717) is 4.88 Å². The number of amides is 1. The van der Waals surface area contributed by atoms with Gasteiger partial charge in [0.2, 0.25) is 5.82 Å². The van der Waals surface area contributed by atoms with Gasteiger partial charge in [0.15, 0.2) is 6.04 Å². The number of aliphatic carboxylic acids is 1. The third-order valence-corrected chi connectivity index (χ3v) is 2.92. The van der Waals surface area contributed by atoms with Gasteiger partial charge in [0.05, 0.1) is 0 Å². The van der Waals surface area contributed by atoms with Crippen LogP contribution in [0.15, 0.2) is 23.8 Å². The summed E-state index contributed by atoms with van der Waals surface area (Å²) in [6.45, 7) is 0. The van der Waals surface area contributed by atoms with E-state index in [1.54, 1.807) is 17.5 Å². The third-order valence-electron chi connectivity index (χ3n) is 1.98. The molecule has 0 aromatic carbocycles. The van der Waals surface area contributed by atoms with Crippen LogP contribution in [0.2, 0.25) is 0 Å². The van der Waals surface area contributed by atoms with Crippen LogP contribution in [0.25, 0.3) is 0 Å². The Hall–Kier alpha value is -2.22. The zero-order valence-electron chi connectivity index (χ0n) is 8.45. The van der Waals surface area contributed by atoms with Crippen molar-refractivity contribution >= 4 is 23.2 Å². The molecule has 1 amide bonds. The Morgan fingerprint density at radius 2 is 2.35 bits per heavy atom. The second kappa shape index (κ2) is 4.74. The average Bonchev–Trinajstić information content (AvgIpc) is 2.97. The van der Waals surface area contributed by atoms with Gasteiger partial charge in [0, 0.05) is 4.88 Å². The van der Waals surface area contributed by atoms with E-state index in [1.807, 2.05) is 0 Å². The van der Waals surface area contributed by atoms with Gasteiger partial charge >= 0.3 is 5.97 Å². The highest BCUT2D eigenvalue weighted by Gasteiger charge is 2.24. The minimum absolute atomic E-state index is 0.0205. The van der Waals surface area contributed by atoms with Gasteiger partial charge in [-0.15, -0.1) is 11.3 Å². The van der Waals surface area contributed by atoms with Gasteiger partial charge < -0.3 is 10.4 Å². The molecule has 8 heteroatoms. The van der Waals surface area contributed by atoms with Gasteiger partial charge in [0.25, 0.3) is 5.91 Å². The minimum Gasteiger partial charge on any atom is -0.479 e. The van der Waals surface area contributed by atoms with Crippen LogP contribution in [-0.2, 0) is 4.79 Å². The van der Waals surface area contributed by atoms with Crippen LogP contribution < -0.4 is 5.32 Å². The number of thiophene rings is 1. The summed E-state index contributed by atoms with van der Waals surface area (Å²) in [5.41, 5.74) is 0. The molecule has 0 aliphatic carbocycles. The number of hydrogen-bond acceptors (Lipinski definition) is 5. The first kappa shape index (κ1) is 11.3. The van der Waals surface area contributed by atoms with E-state index in [-0.39, 0.29) is 5.82 Å². The molecule has 0 fully saturated rings. The Morgan fingerprint density at radius 1 is 1.53 bits per heavy atom. The van der Waals surface area contributed by atoms with Crippen LogP contribution in [0.5, 0.6) is 0 Å². The Bertz CT molecular complexity index is 508. The first-order valence-corrected chi connectivity index (χ1v) is 5.49. The molecule has 2 rings (SSSR count). The van der Waals surface area contributed by atoms with E-state index in [9.17, 15) is 9.59 Å². The fourth-order valence-electron chi connectivity index (χ4n) is 1.22. The van der Waals surface area contributed by atoms with Crippen LogP contribution >= 0.6 is 11.3 Å². The molecular formula is C9H8N4O3S. The number of carbonyl (C=O) groups excluding carboxylic acids is 1. The second-order valence-electron chi connectivity index (χ2n) is 3.09. The molecule has 3 N–H and O–H groups in total. The lowest BCUT2D eigenvalue weighted by atomic mass is 10.2. The predicted molar refractivity (Wildman–Crippen MR) is 58.5 cm³/mol. The number of carbonyl (C=O) groups is 2. The molecular weight excluding hydrogens is 244 g/mol. The summed E-state index contributed by atoms with van der Waals surface area (Å²) in [5, 5.41) is 19.0. The quantitative estimate of drug-likeness (QED) is 0.731. The first-order chi connectivity index (χ1) is 8.18. The summed E-state index contributed by atoms with van der Waals surface area (Å²) in [7, 11) is 0. The monoisotopic (exact) mass is 252 g/mol. The van der Waals surface area contributed by atoms with E-state index in [1.165, 1.54) is 17.7 Å². The molecule has 0 spiro atoms. The van der Waals surface area contributed by atoms with Crippen LogP contribution in [0.3, 0.4) is 0 Å². The lowest BCUT2D eigenvalue weighted by molar-refractivity contribution is -0.139. The number of rotatable bonds is 4. The topological polar surface area (TPSA) is 108 Å². The molecule has 7 nitrogen and oxygen atoms in total. The highest BCUT2D eigenvalue weighted by atomic mass is 32.1. The maximum absolute atomic E-state index is 11.6. The van der Waals surface area contributed by atoms with Crippen molar-refractivity contribution in [2.45, 2.75) is 6.04 Å². The highest BCUT2D eigenvalue weighted by Crippen LogP contribution is 2.19. The molecule has 1 unspecified atom stereocenters. The lowest BCUT2D eigenvalue weighted by Crippen LogP contribution is -2.33. The molecule has 17 heavy (non-hydrogen) atoms. The molecule has 0 radical (unpaired) electrons. The van der Waals surface area contributed by atoms with Crippen LogP contribution in [0, 0.1) is 0 Å². The van der Waals surface area contributed by atoms with Gasteiger partial charge in [-0.25, -0.2) is 9.78 Å². The number of carboxylic acid groups (broad SMARTS) is 1. The minimum atomic E-state index is -1.12. The van der Waals surface area contributed by atoms with Crippen molar-refractivity contribution < 1.29 is 14.7 Å². The molecule has 0 saturated heterocycles. The van der Waals surface area contributed by atoms with Crippen LogP contribution in [-0.4, -0.2) is 32.2 Å². The fourth-order valence-corrected chi connectivity index (χ4v) is 1.99. The Labute approximate surface area is 99.5 Å². The number of H-pyrrole nitrogens is 1. The molecule has 0 saturated carbocycles. The molecule has 0 bridgehead atoms. The van der Waals surface area contributed by atoms with Crippen LogP contribution in [0.4, 0.5) is 0 Å². The number of aromatic nitrogens is 3. The standard InChI is InChI=1S/C9H8N4O3S/c14-8(7-10-4-11-13-7)12-6(9(15)16)5-2-1-3-17-5/h1-4,6H,(H,12,14)(H,15,16)(H,10,11,13). The number of carboxylic acids is 1. The van der Waals surface area contributed by atoms with Crippen molar-refractivity contribution in [2.75, 3.05) is 0 Å². The molecule has 2 aromatic rings. The molecule has 2 aromatic heterocycles. The van der Waals surface area contributed by atoms with E-state index in [2.05, 4.69) is 20.5 Å². The van der Waals surface area contributed by atoms with Crippen molar-refractivity contribution in [1.82, 2.24) is 20.5 Å². The van der Waals surface area contributed by atoms with Gasteiger partial charge in [-0.2, -0.15) is 5.10 Å². The summed E-state index contributed by atoms with van der Waals surface area (Å²) in [5.74, 6) is -1.75. The lowest BCUT2D eigenvalue weighted by Gasteiger charge is -2.11. The van der Waals surface area contributed by atoms with Crippen molar-refractivity contribution in [1.29, 1.82) is 0 Å². The Kier molecular flexibility index (Phi) is 3.15. The number of nitrogens with one attached hydrogen (secondary N) is 2. The zero-order chi connectivity index (χ0) is 12.3. The fraction of sp³-hybridized carbons (Fsp3) is 0.111. The summed E-state index contributed by atoms with van der Waals surface area (Å²) >= 11 is 1.26. The van der Waals surface area contributed by atoms with E-state index in [4.69, 9.17) is 5.11 Å². The molecule has 0 aliphatic rings.